The lowest BCUT2D eigenvalue weighted by Gasteiger charge is -2.27. The van der Waals surface area contributed by atoms with E-state index in [4.69, 9.17) is 0 Å². The Morgan fingerprint density at radius 1 is 1.21 bits per heavy atom. The zero-order valence-corrected chi connectivity index (χ0v) is 15.1. The third-order valence-corrected chi connectivity index (χ3v) is 4.57. The summed E-state index contributed by atoms with van der Waals surface area (Å²) < 4.78 is 0. The maximum atomic E-state index is 12.3. The van der Waals surface area contributed by atoms with Crippen molar-refractivity contribution in [3.63, 3.8) is 0 Å². The first-order chi connectivity index (χ1) is 11.1. The summed E-state index contributed by atoms with van der Waals surface area (Å²) in [6, 6.07) is 15.0. The SMILES string of the molecule is Cc1ccc(C)c(CC(=O)NCC2NCCc3ccccc32)c1.Cl. The molecule has 1 aliphatic heterocycles. The number of carbonyl (C=O) groups excluding carboxylic acids is 1. The molecule has 2 N–H and O–H groups in total. The average molecular weight is 345 g/mol. The minimum absolute atomic E-state index is 0. The van der Waals surface area contributed by atoms with Crippen LogP contribution in [0.5, 0.6) is 0 Å². The molecule has 0 spiro atoms. The number of hydrogen-bond acceptors (Lipinski definition) is 2. The van der Waals surface area contributed by atoms with E-state index in [1.807, 2.05) is 0 Å². The van der Waals surface area contributed by atoms with Crippen molar-refractivity contribution >= 4 is 18.3 Å². The first-order valence-corrected chi connectivity index (χ1v) is 8.27. The van der Waals surface area contributed by atoms with Crippen molar-refractivity contribution < 1.29 is 4.79 Å². The van der Waals surface area contributed by atoms with E-state index in [0.717, 1.165) is 18.5 Å². The molecule has 3 nitrogen and oxygen atoms in total. The van der Waals surface area contributed by atoms with Gasteiger partial charge in [-0.2, -0.15) is 0 Å². The van der Waals surface area contributed by atoms with E-state index >= 15 is 0 Å². The minimum Gasteiger partial charge on any atom is -0.354 e. The van der Waals surface area contributed by atoms with E-state index in [1.165, 1.54) is 22.3 Å². The molecule has 3 rings (SSSR count). The molecule has 2 aromatic carbocycles. The van der Waals surface area contributed by atoms with Crippen LogP contribution in [0.1, 0.15) is 33.9 Å². The highest BCUT2D eigenvalue weighted by atomic mass is 35.5. The second-order valence-electron chi connectivity index (χ2n) is 6.37. The summed E-state index contributed by atoms with van der Waals surface area (Å²) in [5.41, 5.74) is 6.18. The van der Waals surface area contributed by atoms with Crippen LogP contribution in [-0.2, 0) is 17.6 Å². The predicted octanol–water partition coefficient (Wildman–Crippen LogP) is 3.27. The zero-order valence-electron chi connectivity index (χ0n) is 14.3. The summed E-state index contributed by atoms with van der Waals surface area (Å²) in [5, 5.41) is 6.59. The van der Waals surface area contributed by atoms with E-state index in [-0.39, 0.29) is 24.4 Å². The van der Waals surface area contributed by atoms with Crippen molar-refractivity contribution in [3.05, 3.63) is 70.3 Å². The van der Waals surface area contributed by atoms with Crippen molar-refractivity contribution in [2.24, 2.45) is 0 Å². The van der Waals surface area contributed by atoms with E-state index in [9.17, 15) is 4.79 Å². The smallest absolute Gasteiger partial charge is 0.224 e. The van der Waals surface area contributed by atoms with Gasteiger partial charge in [-0.25, -0.2) is 0 Å². The van der Waals surface area contributed by atoms with Crippen LogP contribution in [0.2, 0.25) is 0 Å². The predicted molar refractivity (Wildman–Crippen MR) is 101 cm³/mol. The van der Waals surface area contributed by atoms with Crippen molar-refractivity contribution in [1.82, 2.24) is 10.6 Å². The summed E-state index contributed by atoms with van der Waals surface area (Å²) in [5.74, 6) is 0.0866. The maximum Gasteiger partial charge on any atom is 0.224 e. The largest absolute Gasteiger partial charge is 0.354 e. The Morgan fingerprint density at radius 3 is 2.83 bits per heavy atom. The number of benzene rings is 2. The summed E-state index contributed by atoms with van der Waals surface area (Å²) in [7, 11) is 0. The van der Waals surface area contributed by atoms with Crippen LogP contribution < -0.4 is 10.6 Å². The van der Waals surface area contributed by atoms with Gasteiger partial charge in [0.05, 0.1) is 6.42 Å². The number of aryl methyl sites for hydroxylation is 2. The summed E-state index contributed by atoms with van der Waals surface area (Å²) >= 11 is 0. The topological polar surface area (TPSA) is 41.1 Å². The lowest BCUT2D eigenvalue weighted by atomic mass is 9.94. The molecular formula is C20H25ClN2O. The number of halogens is 1. The van der Waals surface area contributed by atoms with Crippen LogP contribution in [0.15, 0.2) is 42.5 Å². The van der Waals surface area contributed by atoms with Crippen LogP contribution in [0, 0.1) is 13.8 Å². The third kappa shape index (κ3) is 4.37. The Morgan fingerprint density at radius 2 is 2.00 bits per heavy atom. The van der Waals surface area contributed by atoms with Gasteiger partial charge < -0.3 is 10.6 Å². The molecule has 0 saturated carbocycles. The Balaban J connectivity index is 0.00000208. The number of carbonyl (C=O) groups is 1. The van der Waals surface area contributed by atoms with Gasteiger partial charge in [0.15, 0.2) is 0 Å². The average Bonchev–Trinajstić information content (AvgIpc) is 2.56. The number of fused-ring (bicyclic) bond motifs is 1. The fraction of sp³-hybridized carbons (Fsp3) is 0.350. The lowest BCUT2D eigenvalue weighted by Crippen LogP contribution is -2.39. The molecule has 0 aromatic heterocycles. The lowest BCUT2D eigenvalue weighted by molar-refractivity contribution is -0.120. The molecule has 0 radical (unpaired) electrons. The van der Waals surface area contributed by atoms with Crippen molar-refractivity contribution in [2.45, 2.75) is 32.7 Å². The Hall–Kier alpha value is -1.84. The Labute approximate surface area is 150 Å². The van der Waals surface area contributed by atoms with E-state index in [0.29, 0.717) is 13.0 Å². The molecule has 128 valence electrons. The summed E-state index contributed by atoms with van der Waals surface area (Å²) in [4.78, 5) is 12.3. The van der Waals surface area contributed by atoms with Crippen molar-refractivity contribution in [2.75, 3.05) is 13.1 Å². The van der Waals surface area contributed by atoms with Crippen LogP contribution >= 0.6 is 12.4 Å². The molecule has 24 heavy (non-hydrogen) atoms. The molecule has 1 aliphatic rings. The fourth-order valence-electron chi connectivity index (χ4n) is 3.22. The standard InChI is InChI=1S/C20H24N2O.ClH/c1-14-7-8-15(2)17(11-14)12-20(23)22-13-19-18-6-4-3-5-16(18)9-10-21-19;/h3-8,11,19,21H,9-10,12-13H2,1-2H3,(H,22,23);1H. The molecule has 0 saturated heterocycles. The van der Waals surface area contributed by atoms with Crippen LogP contribution in [-0.4, -0.2) is 19.0 Å². The molecule has 1 heterocycles. The second-order valence-corrected chi connectivity index (χ2v) is 6.37. The highest BCUT2D eigenvalue weighted by Gasteiger charge is 2.19. The van der Waals surface area contributed by atoms with Gasteiger partial charge in [-0.15, -0.1) is 12.4 Å². The van der Waals surface area contributed by atoms with Crippen LogP contribution in [0.3, 0.4) is 0 Å². The van der Waals surface area contributed by atoms with Gasteiger partial charge in [-0.1, -0.05) is 48.0 Å². The number of rotatable bonds is 4. The zero-order chi connectivity index (χ0) is 16.2. The minimum atomic E-state index is 0. The van der Waals surface area contributed by atoms with Gasteiger partial charge >= 0.3 is 0 Å². The van der Waals surface area contributed by atoms with Crippen LogP contribution in [0.4, 0.5) is 0 Å². The summed E-state index contributed by atoms with van der Waals surface area (Å²) in [6.45, 7) is 5.72. The fourth-order valence-corrected chi connectivity index (χ4v) is 3.22. The molecule has 1 amide bonds. The molecular weight excluding hydrogens is 320 g/mol. The molecule has 0 bridgehead atoms. The van der Waals surface area contributed by atoms with Gasteiger partial charge in [-0.3, -0.25) is 4.79 Å². The van der Waals surface area contributed by atoms with Gasteiger partial charge in [0.2, 0.25) is 5.91 Å². The number of hydrogen-bond donors (Lipinski definition) is 2. The first kappa shape index (κ1) is 18.5. The normalized spacial score (nSPS) is 16.0. The van der Waals surface area contributed by atoms with E-state index in [1.54, 1.807) is 0 Å². The highest BCUT2D eigenvalue weighted by molar-refractivity contribution is 5.85. The Kier molecular flexibility index (Phi) is 6.41. The van der Waals surface area contributed by atoms with Gasteiger partial charge in [0, 0.05) is 12.6 Å². The molecule has 1 atom stereocenters. The number of nitrogens with one attached hydrogen (secondary N) is 2. The maximum absolute atomic E-state index is 12.3. The first-order valence-electron chi connectivity index (χ1n) is 8.27. The monoisotopic (exact) mass is 344 g/mol. The third-order valence-electron chi connectivity index (χ3n) is 4.57. The van der Waals surface area contributed by atoms with E-state index in [2.05, 4.69) is 66.9 Å². The van der Waals surface area contributed by atoms with Gasteiger partial charge in [0.25, 0.3) is 0 Å². The van der Waals surface area contributed by atoms with E-state index < -0.39 is 0 Å². The Bertz CT molecular complexity index is 715. The molecule has 2 aromatic rings. The molecule has 0 aliphatic carbocycles. The quantitative estimate of drug-likeness (QED) is 0.893. The van der Waals surface area contributed by atoms with Crippen molar-refractivity contribution in [3.8, 4) is 0 Å². The summed E-state index contributed by atoms with van der Waals surface area (Å²) in [6.07, 6.45) is 1.50. The van der Waals surface area contributed by atoms with Gasteiger partial charge in [-0.05, 0) is 49.1 Å². The second kappa shape index (κ2) is 8.32. The molecule has 0 fully saturated rings. The molecule has 4 heteroatoms. The van der Waals surface area contributed by atoms with Crippen LogP contribution in [0.25, 0.3) is 0 Å². The molecule has 1 unspecified atom stereocenters. The van der Waals surface area contributed by atoms with Gasteiger partial charge in [0.1, 0.15) is 0 Å². The highest BCUT2D eigenvalue weighted by Crippen LogP contribution is 2.21. The number of amides is 1. The van der Waals surface area contributed by atoms with Crippen molar-refractivity contribution in [1.29, 1.82) is 0 Å².